The van der Waals surface area contributed by atoms with E-state index < -0.39 is 18.1 Å². The van der Waals surface area contributed by atoms with Gasteiger partial charge in [-0.1, -0.05) is 42.3 Å². The molecule has 4 atom stereocenters. The van der Waals surface area contributed by atoms with Gasteiger partial charge in [0.1, 0.15) is 30.1 Å². The topological polar surface area (TPSA) is 305 Å². The van der Waals surface area contributed by atoms with Crippen molar-refractivity contribution in [2.24, 2.45) is 23.1 Å². The molecule has 24 nitrogen and oxygen atoms in total. The molecule has 6 rings (SSSR count). The maximum Gasteiger partial charge on any atom is 0.247 e. The van der Waals surface area contributed by atoms with Crippen LogP contribution in [0.25, 0.3) is 0 Å². The van der Waals surface area contributed by atoms with E-state index in [1.807, 2.05) is 19.6 Å². The maximum atomic E-state index is 14.5. The first-order valence-corrected chi connectivity index (χ1v) is 24.1. The molecule has 0 saturated carbocycles. The number of aliphatic hydroxyl groups excluding tert-OH is 1. The highest BCUT2D eigenvalue weighted by atomic mass is 16.5. The van der Waals surface area contributed by atoms with Crippen molar-refractivity contribution in [3.8, 4) is 18.1 Å². The molecule has 2 amide bonds. The Morgan fingerprint density at radius 1 is 0.757 bits per heavy atom. The van der Waals surface area contributed by atoms with Crippen LogP contribution in [0.15, 0.2) is 36.7 Å². The van der Waals surface area contributed by atoms with Crippen molar-refractivity contribution < 1.29 is 34.0 Å². The number of phenols is 1. The van der Waals surface area contributed by atoms with Crippen molar-refractivity contribution >= 4 is 29.7 Å². The highest BCUT2D eigenvalue weighted by molar-refractivity contribution is 5.81. The predicted molar refractivity (Wildman–Crippen MR) is 260 cm³/mol. The zero-order valence-corrected chi connectivity index (χ0v) is 40.5. The standard InChI is InChI=1S/C46H71N17O7/c1-4-22-68-24-26-70-27-25-69-23-13-50-44-51-45(60-18-14-58(15-19-60)42(66)40(7-5-6-12-47)62-31-39(55-56-62)37(49)32-64)53-46(52-44)61-20-16-59(17-21-61)43(67)41(29-34-8-10-35(65)11-9-34)63-30-38(54-57-63)36(48)28-33(2)3/h1,8-11,30-31,33,36-37,40-41,64-65H,5-7,12-29,32,47-49H2,2-3H3,(H,50,51,52,53)/t36-,37-,40-,41+/m0/s1. The number of rotatable bonds is 28. The molecule has 2 saturated heterocycles. The number of anilines is 3. The number of nitrogens with two attached hydrogens (primary N) is 3. The van der Waals surface area contributed by atoms with Crippen LogP contribution in [-0.2, 0) is 30.2 Å². The van der Waals surface area contributed by atoms with Crippen LogP contribution in [0.5, 0.6) is 5.75 Å². The minimum Gasteiger partial charge on any atom is -0.508 e. The average Bonchev–Trinajstić information content (AvgIpc) is 4.08. The Hall–Kier alpha value is -6.07. The zero-order chi connectivity index (χ0) is 49.8. The van der Waals surface area contributed by atoms with E-state index in [9.17, 15) is 19.8 Å². The number of aliphatic hydroxyl groups is 1. The summed E-state index contributed by atoms with van der Waals surface area (Å²) in [4.78, 5) is 50.9. The molecule has 1 aromatic carbocycles. The molecule has 4 aromatic rings. The first kappa shape index (κ1) is 53.3. The van der Waals surface area contributed by atoms with Gasteiger partial charge in [-0.15, -0.1) is 16.6 Å². The Morgan fingerprint density at radius 2 is 1.30 bits per heavy atom. The summed E-state index contributed by atoms with van der Waals surface area (Å²) >= 11 is 0. The number of phenolic OH excluding ortho intramolecular Hbond substituents is 1. The Kier molecular flexibility index (Phi) is 20.8. The van der Waals surface area contributed by atoms with Crippen LogP contribution in [0, 0.1) is 18.3 Å². The van der Waals surface area contributed by atoms with Crippen LogP contribution < -0.4 is 32.3 Å². The number of amides is 2. The number of aromatic hydroxyl groups is 1. The smallest absolute Gasteiger partial charge is 0.247 e. The molecule has 382 valence electrons. The second kappa shape index (κ2) is 27.4. The number of terminal acetylenes is 1. The van der Waals surface area contributed by atoms with Crippen LogP contribution in [0.4, 0.5) is 17.8 Å². The van der Waals surface area contributed by atoms with E-state index in [1.54, 1.807) is 46.0 Å². The van der Waals surface area contributed by atoms with Gasteiger partial charge in [-0.25, -0.2) is 9.36 Å². The van der Waals surface area contributed by atoms with Crippen LogP contribution in [0.2, 0.25) is 0 Å². The van der Waals surface area contributed by atoms with E-state index in [4.69, 9.17) is 52.8 Å². The molecular weight excluding hydrogens is 903 g/mol. The summed E-state index contributed by atoms with van der Waals surface area (Å²) in [7, 11) is 0. The number of piperazine rings is 2. The molecule has 0 unspecified atom stereocenters. The van der Waals surface area contributed by atoms with Crippen molar-refractivity contribution in [2.45, 2.75) is 70.1 Å². The number of carbonyl (C=O) groups is 2. The SMILES string of the molecule is C#CCOCCOCCOCCNc1nc(N2CCN(C(=O)[C@@H](Cc3ccc(O)cc3)n3cc([C@@H](N)CC(C)C)nn3)CC2)nc(N2CCN(C(=O)[C@H](CCCCN)n3cc([C@@H](N)CO)nn3)CC2)n1. The molecule has 3 aromatic heterocycles. The average molecular weight is 974 g/mol. The maximum absolute atomic E-state index is 14.5. The molecule has 5 heterocycles. The number of hydrogen-bond acceptors (Lipinski definition) is 20. The molecule has 9 N–H and O–H groups in total. The number of ether oxygens (including phenoxy) is 3. The normalized spacial score (nSPS) is 16.0. The van der Waals surface area contributed by atoms with Gasteiger partial charge in [-0.2, -0.15) is 15.0 Å². The lowest BCUT2D eigenvalue weighted by Crippen LogP contribution is -2.52. The summed E-state index contributed by atoms with van der Waals surface area (Å²) in [6.45, 7) is 10.4. The Bertz CT molecular complexity index is 2240. The number of nitrogens with one attached hydrogen (secondary N) is 1. The predicted octanol–water partition coefficient (Wildman–Crippen LogP) is 0.0446. The van der Waals surface area contributed by atoms with Gasteiger partial charge >= 0.3 is 0 Å². The monoisotopic (exact) mass is 974 g/mol. The third-order valence-electron chi connectivity index (χ3n) is 12.1. The molecule has 2 aliphatic heterocycles. The molecular formula is C46H71N17O7. The van der Waals surface area contributed by atoms with Gasteiger partial charge < -0.3 is 66.5 Å². The van der Waals surface area contributed by atoms with Crippen molar-refractivity contribution in [1.29, 1.82) is 0 Å². The van der Waals surface area contributed by atoms with Crippen molar-refractivity contribution in [3.05, 3.63) is 53.6 Å². The lowest BCUT2D eigenvalue weighted by molar-refractivity contribution is -0.136. The lowest BCUT2D eigenvalue weighted by Gasteiger charge is -2.38. The summed E-state index contributed by atoms with van der Waals surface area (Å²) in [5.41, 5.74) is 20.1. The number of nitrogens with zero attached hydrogens (tertiary/aromatic N) is 13. The second-order valence-corrected chi connectivity index (χ2v) is 17.8. The molecule has 0 aliphatic carbocycles. The van der Waals surface area contributed by atoms with E-state index >= 15 is 0 Å². The number of unbranched alkanes of at least 4 members (excludes halogenated alkanes) is 1. The van der Waals surface area contributed by atoms with Gasteiger partial charge in [-0.3, -0.25) is 9.59 Å². The van der Waals surface area contributed by atoms with Crippen LogP contribution >= 0.6 is 0 Å². The molecule has 0 spiro atoms. The quantitative estimate of drug-likeness (QED) is 0.0323. The van der Waals surface area contributed by atoms with E-state index in [2.05, 4.69) is 45.7 Å². The van der Waals surface area contributed by atoms with Crippen molar-refractivity contribution in [1.82, 2.24) is 54.7 Å². The number of aromatic nitrogens is 9. The summed E-state index contributed by atoms with van der Waals surface area (Å²) in [6, 6.07) is 4.47. The fraction of sp³-hybridized carbons (Fsp3) is 0.630. The van der Waals surface area contributed by atoms with Gasteiger partial charge in [-0.05, 0) is 55.8 Å². The first-order chi connectivity index (χ1) is 34.0. The zero-order valence-electron chi connectivity index (χ0n) is 40.5. The lowest BCUT2D eigenvalue weighted by atomic mass is 10.0. The number of benzene rings is 1. The summed E-state index contributed by atoms with van der Waals surface area (Å²) < 4.78 is 19.7. The van der Waals surface area contributed by atoms with Crippen molar-refractivity contribution in [3.63, 3.8) is 0 Å². The Labute approximate surface area is 409 Å². The Morgan fingerprint density at radius 3 is 1.86 bits per heavy atom. The van der Waals surface area contributed by atoms with Crippen molar-refractivity contribution in [2.75, 3.05) is 127 Å². The third-order valence-corrected chi connectivity index (χ3v) is 12.1. The number of carbonyl (C=O) groups excluding carboxylic acids is 2. The van der Waals surface area contributed by atoms with Gasteiger partial charge in [0.25, 0.3) is 0 Å². The Balaban J connectivity index is 1.14. The molecule has 70 heavy (non-hydrogen) atoms. The fourth-order valence-corrected chi connectivity index (χ4v) is 8.14. The van der Waals surface area contributed by atoms with Crippen LogP contribution in [0.3, 0.4) is 0 Å². The first-order valence-electron chi connectivity index (χ1n) is 24.1. The van der Waals surface area contributed by atoms with E-state index in [1.165, 1.54) is 0 Å². The summed E-state index contributed by atoms with van der Waals surface area (Å²) in [5.74, 6) is 3.96. The van der Waals surface area contributed by atoms with E-state index in [0.717, 1.165) is 24.8 Å². The van der Waals surface area contributed by atoms with E-state index in [0.29, 0.717) is 146 Å². The number of hydrogen-bond donors (Lipinski definition) is 6. The largest absolute Gasteiger partial charge is 0.508 e. The minimum atomic E-state index is -0.704. The molecule has 24 heteroatoms. The summed E-state index contributed by atoms with van der Waals surface area (Å²) in [5, 5.41) is 39.9. The minimum absolute atomic E-state index is 0.0938. The second-order valence-electron chi connectivity index (χ2n) is 17.8. The molecule has 0 bridgehead atoms. The van der Waals surface area contributed by atoms with E-state index in [-0.39, 0.29) is 36.8 Å². The highest BCUT2D eigenvalue weighted by Gasteiger charge is 2.34. The molecule has 2 fully saturated rings. The molecule has 0 radical (unpaired) electrons. The summed E-state index contributed by atoms with van der Waals surface area (Å²) in [6.07, 6.45) is 11.7. The van der Waals surface area contributed by atoms with Crippen LogP contribution in [-0.4, -0.2) is 188 Å². The van der Waals surface area contributed by atoms with Gasteiger partial charge in [0.2, 0.25) is 29.7 Å². The van der Waals surface area contributed by atoms with Crippen LogP contribution in [0.1, 0.15) is 80.6 Å². The highest BCUT2D eigenvalue weighted by Crippen LogP contribution is 2.26. The molecule has 2 aliphatic rings. The fourth-order valence-electron chi connectivity index (χ4n) is 8.14. The van der Waals surface area contributed by atoms with Gasteiger partial charge in [0.15, 0.2) is 0 Å². The van der Waals surface area contributed by atoms with Gasteiger partial charge in [0, 0.05) is 65.3 Å². The van der Waals surface area contributed by atoms with Gasteiger partial charge in [0.05, 0.1) is 69.8 Å². The third kappa shape index (κ3) is 15.5.